The van der Waals surface area contributed by atoms with Crippen molar-refractivity contribution in [3.8, 4) is 0 Å². The molecule has 0 radical (unpaired) electrons. The molecule has 0 bridgehead atoms. The van der Waals surface area contributed by atoms with E-state index in [0.29, 0.717) is 11.3 Å². The van der Waals surface area contributed by atoms with Crippen molar-refractivity contribution in [1.82, 2.24) is 0 Å². The maximum atomic E-state index is 11.8. The Balaban J connectivity index is 2.20. The maximum absolute atomic E-state index is 11.8. The fourth-order valence-corrected chi connectivity index (χ4v) is 2.97. The summed E-state index contributed by atoms with van der Waals surface area (Å²) < 4.78 is 21.2. The lowest BCUT2D eigenvalue weighted by Gasteiger charge is -2.11. The molecule has 1 unspecified atom stereocenters. The van der Waals surface area contributed by atoms with E-state index in [1.54, 1.807) is 26.0 Å². The Bertz CT molecular complexity index is 813. The van der Waals surface area contributed by atoms with Crippen LogP contribution in [-0.4, -0.2) is 23.6 Å². The normalized spacial score (nSPS) is 13.8. The van der Waals surface area contributed by atoms with Crippen LogP contribution in [0.3, 0.4) is 0 Å². The van der Waals surface area contributed by atoms with Gasteiger partial charge in [0.2, 0.25) is 5.91 Å². The Kier molecular flexibility index (Phi) is 4.81. The van der Waals surface area contributed by atoms with Crippen LogP contribution in [0.5, 0.6) is 0 Å². The van der Waals surface area contributed by atoms with Gasteiger partial charge in [-0.1, -0.05) is 0 Å². The van der Waals surface area contributed by atoms with E-state index >= 15 is 0 Å². The highest BCUT2D eigenvalue weighted by Crippen LogP contribution is 2.41. The summed E-state index contributed by atoms with van der Waals surface area (Å²) >= 11 is 0. The fraction of sp³-hybridized carbons (Fsp3) is 0.286. The van der Waals surface area contributed by atoms with Gasteiger partial charge in [-0.3, -0.25) is 9.36 Å². The van der Waals surface area contributed by atoms with Crippen LogP contribution in [0.4, 0.5) is 5.69 Å². The second-order valence-corrected chi connectivity index (χ2v) is 6.57. The van der Waals surface area contributed by atoms with Gasteiger partial charge in [0.25, 0.3) is 0 Å². The van der Waals surface area contributed by atoms with E-state index in [0.717, 1.165) is 10.9 Å². The number of carbonyl (C=O) groups excluding carboxylic acids is 1. The first kappa shape index (κ1) is 16.4. The summed E-state index contributed by atoms with van der Waals surface area (Å²) in [6.07, 6.45) is -0.642. The Morgan fingerprint density at radius 2 is 2.14 bits per heavy atom. The topological polar surface area (TPSA) is 106 Å². The summed E-state index contributed by atoms with van der Waals surface area (Å²) in [6.45, 7) is 3.39. The van der Waals surface area contributed by atoms with Crippen molar-refractivity contribution in [3.63, 3.8) is 0 Å². The minimum absolute atomic E-state index is 0.0431. The first-order valence-corrected chi connectivity index (χ1v) is 8.38. The number of hydrogen-bond donors (Lipinski definition) is 2. The second-order valence-electron chi connectivity index (χ2n) is 4.72. The third-order valence-electron chi connectivity index (χ3n) is 2.91. The molecule has 0 aliphatic rings. The van der Waals surface area contributed by atoms with Gasteiger partial charge < -0.3 is 19.2 Å². The van der Waals surface area contributed by atoms with Gasteiger partial charge in [-0.2, -0.15) is 0 Å². The Morgan fingerprint density at radius 3 is 2.82 bits per heavy atom. The maximum Gasteiger partial charge on any atom is 0.337 e. The van der Waals surface area contributed by atoms with Gasteiger partial charge in [-0.05, 0) is 31.5 Å². The lowest BCUT2D eigenvalue weighted by molar-refractivity contribution is -0.114. The summed E-state index contributed by atoms with van der Waals surface area (Å²) in [5.41, 5.74) is 0.979. The predicted molar refractivity (Wildman–Crippen MR) is 82.2 cm³/mol. The fourth-order valence-electron chi connectivity index (χ4n) is 2.03. The zero-order chi connectivity index (χ0) is 16.3. The molecule has 8 heteroatoms. The van der Waals surface area contributed by atoms with Crippen molar-refractivity contribution in [1.29, 1.82) is 0 Å². The largest absolute Gasteiger partial charge is 0.423 e. The van der Waals surface area contributed by atoms with Gasteiger partial charge in [0, 0.05) is 23.2 Å². The molecule has 2 rings (SSSR count). The van der Waals surface area contributed by atoms with Crippen LogP contribution in [0.1, 0.15) is 12.5 Å². The molecule has 1 aromatic carbocycles. The van der Waals surface area contributed by atoms with Crippen molar-refractivity contribution >= 4 is 30.2 Å². The molecule has 0 saturated carbocycles. The Labute approximate surface area is 126 Å². The number of anilines is 1. The first-order chi connectivity index (χ1) is 10.3. The quantitative estimate of drug-likeness (QED) is 0.645. The van der Waals surface area contributed by atoms with Crippen LogP contribution in [0.15, 0.2) is 33.5 Å². The molecule has 0 aliphatic carbocycles. The molecule has 0 spiro atoms. The Morgan fingerprint density at radius 1 is 1.41 bits per heavy atom. The molecule has 22 heavy (non-hydrogen) atoms. The number of benzene rings is 1. The van der Waals surface area contributed by atoms with Crippen molar-refractivity contribution in [2.24, 2.45) is 0 Å². The standard InChI is InChI=1S/C14H16NO6P/c1-3-20-22(18,19)8-13(16)15-10-4-5-11-9(2)6-14(17)21-12(11)7-10/h4-7H,3,8H2,1-2H3,(H,15,16)(H,18,19). The van der Waals surface area contributed by atoms with E-state index in [9.17, 15) is 19.0 Å². The average Bonchev–Trinajstić information content (AvgIpc) is 2.36. The van der Waals surface area contributed by atoms with Crippen LogP contribution < -0.4 is 10.9 Å². The zero-order valence-electron chi connectivity index (χ0n) is 12.2. The van der Waals surface area contributed by atoms with Gasteiger partial charge in [0.15, 0.2) is 0 Å². The second kappa shape index (κ2) is 6.44. The number of hydrogen-bond acceptors (Lipinski definition) is 5. The number of rotatable bonds is 5. The summed E-state index contributed by atoms with van der Waals surface area (Å²) in [4.78, 5) is 32.5. The molecular weight excluding hydrogens is 309 g/mol. The van der Waals surface area contributed by atoms with E-state index in [2.05, 4.69) is 9.84 Å². The van der Waals surface area contributed by atoms with Gasteiger partial charge in [0.1, 0.15) is 11.7 Å². The SMILES string of the molecule is CCOP(=O)(O)CC(=O)Nc1ccc2c(C)cc(=O)oc2c1. The summed E-state index contributed by atoms with van der Waals surface area (Å²) in [7, 11) is -3.93. The molecule has 2 N–H and O–H groups in total. The van der Waals surface area contributed by atoms with E-state index < -0.39 is 25.3 Å². The average molecular weight is 325 g/mol. The first-order valence-electron chi connectivity index (χ1n) is 6.61. The van der Waals surface area contributed by atoms with Crippen molar-refractivity contribution < 1.29 is 23.2 Å². The van der Waals surface area contributed by atoms with Crippen LogP contribution in [0.2, 0.25) is 0 Å². The summed E-state index contributed by atoms with van der Waals surface area (Å²) in [6, 6.07) is 6.19. The molecule has 0 fully saturated rings. The monoisotopic (exact) mass is 325 g/mol. The highest BCUT2D eigenvalue weighted by Gasteiger charge is 2.23. The summed E-state index contributed by atoms with van der Waals surface area (Å²) in [5, 5.41) is 3.22. The smallest absolute Gasteiger partial charge is 0.337 e. The highest BCUT2D eigenvalue weighted by molar-refractivity contribution is 7.53. The zero-order valence-corrected chi connectivity index (χ0v) is 13.1. The van der Waals surface area contributed by atoms with Gasteiger partial charge in [-0.25, -0.2) is 4.79 Å². The lowest BCUT2D eigenvalue weighted by Crippen LogP contribution is -2.17. The summed E-state index contributed by atoms with van der Waals surface area (Å²) in [5.74, 6) is -0.659. The molecular formula is C14H16NO6P. The number of nitrogens with one attached hydrogen (secondary N) is 1. The molecule has 1 amide bonds. The third kappa shape index (κ3) is 4.04. The Hall–Kier alpha value is -1.95. The van der Waals surface area contributed by atoms with E-state index in [4.69, 9.17) is 4.42 Å². The minimum atomic E-state index is -3.93. The molecule has 2 aromatic rings. The molecule has 1 heterocycles. The molecule has 118 valence electrons. The van der Waals surface area contributed by atoms with Crippen LogP contribution in [-0.2, 0) is 13.9 Å². The lowest BCUT2D eigenvalue weighted by atomic mass is 10.1. The van der Waals surface area contributed by atoms with E-state index in [-0.39, 0.29) is 6.61 Å². The van der Waals surface area contributed by atoms with E-state index in [1.165, 1.54) is 12.1 Å². The third-order valence-corrected chi connectivity index (χ3v) is 4.26. The predicted octanol–water partition coefficient (Wildman–Crippen LogP) is 2.26. The molecule has 1 atom stereocenters. The number of amides is 1. The highest BCUT2D eigenvalue weighted by atomic mass is 31.2. The number of carbonyl (C=O) groups is 1. The van der Waals surface area contributed by atoms with Gasteiger partial charge in [0.05, 0.1) is 6.61 Å². The number of fused-ring (bicyclic) bond motifs is 1. The molecule has 0 saturated heterocycles. The minimum Gasteiger partial charge on any atom is -0.423 e. The van der Waals surface area contributed by atoms with Crippen LogP contribution in [0, 0.1) is 6.92 Å². The van der Waals surface area contributed by atoms with Crippen LogP contribution in [0.25, 0.3) is 11.0 Å². The van der Waals surface area contributed by atoms with E-state index in [1.807, 2.05) is 0 Å². The molecule has 0 aliphatic heterocycles. The molecule has 7 nitrogen and oxygen atoms in total. The molecule has 1 aromatic heterocycles. The van der Waals surface area contributed by atoms with Gasteiger partial charge in [-0.15, -0.1) is 0 Å². The van der Waals surface area contributed by atoms with Crippen molar-refractivity contribution in [3.05, 3.63) is 40.2 Å². The number of aryl methyl sites for hydroxylation is 1. The van der Waals surface area contributed by atoms with Crippen molar-refractivity contribution in [2.75, 3.05) is 18.1 Å². The van der Waals surface area contributed by atoms with Gasteiger partial charge >= 0.3 is 13.2 Å². The van der Waals surface area contributed by atoms with Crippen LogP contribution >= 0.6 is 7.60 Å². The van der Waals surface area contributed by atoms with Crippen molar-refractivity contribution in [2.45, 2.75) is 13.8 Å².